The molecule has 1 aromatic heterocycles. The van der Waals surface area contributed by atoms with Crippen LogP contribution in [0.3, 0.4) is 0 Å². The Balaban J connectivity index is 1.52. The zero-order valence-corrected chi connectivity index (χ0v) is 21.1. The molecule has 8 heteroatoms. The third kappa shape index (κ3) is 4.89. The van der Waals surface area contributed by atoms with Crippen LogP contribution in [0.15, 0.2) is 90.0 Å². The molecule has 2 heterocycles. The molecule has 3 aromatic carbocycles. The Hall–Kier alpha value is -3.39. The third-order valence-electron chi connectivity index (χ3n) is 5.37. The maximum Gasteiger partial charge on any atom is 0.270 e. The molecule has 1 amide bonds. The van der Waals surface area contributed by atoms with E-state index < -0.39 is 0 Å². The van der Waals surface area contributed by atoms with Crippen molar-refractivity contribution in [2.45, 2.75) is 6.92 Å². The summed E-state index contributed by atoms with van der Waals surface area (Å²) in [4.78, 5) is 15.5. The second kappa shape index (κ2) is 10.1. The van der Waals surface area contributed by atoms with Gasteiger partial charge in [-0.15, -0.1) is 0 Å². The molecule has 0 saturated carbocycles. The van der Waals surface area contributed by atoms with Crippen LogP contribution in [0.1, 0.15) is 12.5 Å². The van der Waals surface area contributed by atoms with Crippen molar-refractivity contribution < 1.29 is 9.53 Å². The summed E-state index contributed by atoms with van der Waals surface area (Å²) in [5, 5.41) is 5.47. The van der Waals surface area contributed by atoms with Crippen molar-refractivity contribution in [3.05, 3.63) is 101 Å². The highest BCUT2D eigenvalue weighted by Gasteiger charge is 2.33. The molecule has 0 unspecified atom stereocenters. The first-order valence-corrected chi connectivity index (χ1v) is 12.6. The largest absolute Gasteiger partial charge is 0.494 e. The number of carbonyl (C=O) groups is 1. The number of ether oxygens (including phenoxy) is 1. The number of thiocarbonyl (C=S) groups is 1. The summed E-state index contributed by atoms with van der Waals surface area (Å²) >= 11 is 12.9. The van der Waals surface area contributed by atoms with Crippen LogP contribution >= 0.6 is 35.6 Å². The molecule has 1 aliphatic heterocycles. The highest BCUT2D eigenvalue weighted by atomic mass is 35.5. The van der Waals surface area contributed by atoms with Gasteiger partial charge in [-0.2, -0.15) is 5.10 Å². The molecule has 0 aliphatic carbocycles. The summed E-state index contributed by atoms with van der Waals surface area (Å²) in [5.41, 5.74) is 4.08. The van der Waals surface area contributed by atoms with Gasteiger partial charge in [0.1, 0.15) is 5.75 Å². The average Bonchev–Trinajstić information content (AvgIpc) is 3.41. The lowest BCUT2D eigenvalue weighted by Gasteiger charge is -2.15. The van der Waals surface area contributed by atoms with Crippen molar-refractivity contribution in [3.63, 3.8) is 0 Å². The van der Waals surface area contributed by atoms with Gasteiger partial charge in [0.05, 0.1) is 28.6 Å². The van der Waals surface area contributed by atoms with Gasteiger partial charge in [0, 0.05) is 22.3 Å². The highest BCUT2D eigenvalue weighted by molar-refractivity contribution is 8.27. The Morgan fingerprint density at radius 2 is 1.71 bits per heavy atom. The van der Waals surface area contributed by atoms with E-state index in [9.17, 15) is 4.79 Å². The predicted molar refractivity (Wildman–Crippen MR) is 147 cm³/mol. The Morgan fingerprint density at radius 3 is 2.40 bits per heavy atom. The monoisotopic (exact) mass is 517 g/mol. The molecule has 0 spiro atoms. The van der Waals surface area contributed by atoms with Crippen LogP contribution < -0.4 is 9.64 Å². The second-order valence-electron chi connectivity index (χ2n) is 7.66. The van der Waals surface area contributed by atoms with Crippen molar-refractivity contribution in [2.75, 3.05) is 11.5 Å². The van der Waals surface area contributed by atoms with Crippen LogP contribution in [0.4, 0.5) is 5.69 Å². The minimum atomic E-state index is -0.168. The Labute approximate surface area is 218 Å². The average molecular weight is 518 g/mol. The van der Waals surface area contributed by atoms with Crippen molar-refractivity contribution in [2.24, 2.45) is 0 Å². The lowest BCUT2D eigenvalue weighted by molar-refractivity contribution is -0.113. The van der Waals surface area contributed by atoms with Crippen LogP contribution in [0.5, 0.6) is 5.75 Å². The first-order valence-electron chi connectivity index (χ1n) is 11.0. The number of aromatic nitrogens is 2. The molecule has 4 aromatic rings. The van der Waals surface area contributed by atoms with E-state index >= 15 is 0 Å². The standard InChI is InChI=1S/C27H20ClN3O2S2/c1-2-33-23-14-12-22(13-15-23)31-26(32)24(35-27(31)34)16-19-17-30(21-6-4-3-5-7-21)29-25(19)18-8-10-20(28)11-9-18/h3-17H,2H2,1H3/b24-16-. The first kappa shape index (κ1) is 23.4. The summed E-state index contributed by atoms with van der Waals surface area (Å²) < 4.78 is 7.80. The molecule has 0 N–H and O–H groups in total. The van der Waals surface area contributed by atoms with Crippen LogP contribution in [0.25, 0.3) is 23.0 Å². The van der Waals surface area contributed by atoms with E-state index in [1.54, 1.807) is 4.90 Å². The molecular weight excluding hydrogens is 498 g/mol. The van der Waals surface area contributed by atoms with E-state index in [2.05, 4.69) is 0 Å². The molecule has 1 fully saturated rings. The summed E-state index contributed by atoms with van der Waals surface area (Å²) in [6.07, 6.45) is 3.77. The predicted octanol–water partition coefficient (Wildman–Crippen LogP) is 7.00. The van der Waals surface area contributed by atoms with Crippen LogP contribution in [0.2, 0.25) is 5.02 Å². The van der Waals surface area contributed by atoms with E-state index in [0.717, 1.165) is 28.3 Å². The number of anilines is 1. The molecule has 174 valence electrons. The van der Waals surface area contributed by atoms with Gasteiger partial charge in [0.15, 0.2) is 4.32 Å². The minimum absolute atomic E-state index is 0.168. The fourth-order valence-corrected chi connectivity index (χ4v) is 5.14. The zero-order chi connectivity index (χ0) is 24.4. The number of hydrogen-bond acceptors (Lipinski definition) is 5. The van der Waals surface area contributed by atoms with E-state index in [4.69, 9.17) is 33.7 Å². The molecule has 5 rings (SSSR count). The summed E-state index contributed by atoms with van der Waals surface area (Å²) in [5.74, 6) is 0.580. The smallest absolute Gasteiger partial charge is 0.270 e. The van der Waals surface area contributed by atoms with Gasteiger partial charge in [-0.05, 0) is 61.5 Å². The fraction of sp³-hybridized carbons (Fsp3) is 0.0741. The quantitative estimate of drug-likeness (QED) is 0.203. The van der Waals surface area contributed by atoms with E-state index in [1.165, 1.54) is 11.8 Å². The van der Waals surface area contributed by atoms with E-state index in [-0.39, 0.29) is 5.91 Å². The van der Waals surface area contributed by atoms with Crippen molar-refractivity contribution in [1.82, 2.24) is 9.78 Å². The van der Waals surface area contributed by atoms with Gasteiger partial charge in [-0.25, -0.2) is 4.68 Å². The third-order valence-corrected chi connectivity index (χ3v) is 6.92. The van der Waals surface area contributed by atoms with Gasteiger partial charge < -0.3 is 4.74 Å². The number of benzene rings is 3. The van der Waals surface area contributed by atoms with Gasteiger partial charge in [-0.3, -0.25) is 9.69 Å². The molecule has 0 bridgehead atoms. The highest BCUT2D eigenvalue weighted by Crippen LogP contribution is 2.38. The number of para-hydroxylation sites is 1. The van der Waals surface area contributed by atoms with Crippen molar-refractivity contribution in [1.29, 1.82) is 0 Å². The Kier molecular flexibility index (Phi) is 6.72. The molecule has 0 atom stereocenters. The molecule has 1 saturated heterocycles. The van der Waals surface area contributed by atoms with Crippen LogP contribution in [-0.4, -0.2) is 26.6 Å². The normalized spacial score (nSPS) is 14.7. The number of thioether (sulfide) groups is 1. The second-order valence-corrected chi connectivity index (χ2v) is 9.78. The molecular formula is C27H20ClN3O2S2. The van der Waals surface area contributed by atoms with Crippen LogP contribution in [-0.2, 0) is 4.79 Å². The minimum Gasteiger partial charge on any atom is -0.494 e. The van der Waals surface area contributed by atoms with Gasteiger partial charge in [0.25, 0.3) is 5.91 Å². The number of hydrogen-bond donors (Lipinski definition) is 0. The van der Waals surface area contributed by atoms with Crippen LogP contribution in [0, 0.1) is 0 Å². The maximum absolute atomic E-state index is 13.4. The first-order chi connectivity index (χ1) is 17.0. The van der Waals surface area contributed by atoms with Gasteiger partial charge >= 0.3 is 0 Å². The van der Waals surface area contributed by atoms with Crippen molar-refractivity contribution >= 4 is 57.6 Å². The van der Waals surface area contributed by atoms with E-state index in [0.29, 0.717) is 26.5 Å². The fourth-order valence-electron chi connectivity index (χ4n) is 3.73. The molecule has 1 aliphatic rings. The number of amides is 1. The zero-order valence-electron chi connectivity index (χ0n) is 18.7. The summed E-state index contributed by atoms with van der Waals surface area (Å²) in [6, 6.07) is 24.7. The number of nitrogens with zero attached hydrogens (tertiary/aromatic N) is 3. The van der Waals surface area contributed by atoms with Gasteiger partial charge in [0.2, 0.25) is 0 Å². The summed E-state index contributed by atoms with van der Waals surface area (Å²) in [7, 11) is 0. The SMILES string of the molecule is CCOc1ccc(N2C(=O)/C(=C/c3cn(-c4ccccc4)nc3-c3ccc(Cl)cc3)SC2=S)cc1. The molecule has 5 nitrogen and oxygen atoms in total. The molecule has 0 radical (unpaired) electrons. The van der Waals surface area contributed by atoms with Crippen molar-refractivity contribution in [3.8, 4) is 22.7 Å². The summed E-state index contributed by atoms with van der Waals surface area (Å²) in [6.45, 7) is 2.51. The number of rotatable bonds is 6. The Bertz CT molecular complexity index is 1420. The van der Waals surface area contributed by atoms with E-state index in [1.807, 2.05) is 103 Å². The lowest BCUT2D eigenvalue weighted by Crippen LogP contribution is -2.27. The number of halogens is 1. The number of carbonyl (C=O) groups excluding carboxylic acids is 1. The topological polar surface area (TPSA) is 47.4 Å². The lowest BCUT2D eigenvalue weighted by atomic mass is 10.1. The molecule has 35 heavy (non-hydrogen) atoms. The Morgan fingerprint density at radius 1 is 1.00 bits per heavy atom. The van der Waals surface area contributed by atoms with Gasteiger partial charge in [-0.1, -0.05) is 65.9 Å². The maximum atomic E-state index is 13.4.